The summed E-state index contributed by atoms with van der Waals surface area (Å²) < 4.78 is 32.0. The van der Waals surface area contributed by atoms with Crippen LogP contribution in [0.15, 0.2) is 59.5 Å². The van der Waals surface area contributed by atoms with Gasteiger partial charge in [0.05, 0.1) is 17.9 Å². The molecule has 2 aromatic carbocycles. The number of nitrogens with zero attached hydrogens (tertiary/aromatic N) is 1. The van der Waals surface area contributed by atoms with E-state index in [0.29, 0.717) is 30.8 Å². The average molecular weight is 374 g/mol. The van der Waals surface area contributed by atoms with Crippen LogP contribution < -0.4 is 10.1 Å². The number of amides is 1. The molecular formula is C19H22N2O4S. The van der Waals surface area contributed by atoms with E-state index in [1.54, 1.807) is 61.7 Å². The second-order valence-electron chi connectivity index (χ2n) is 6.23. The van der Waals surface area contributed by atoms with Crippen molar-refractivity contribution in [2.75, 3.05) is 25.5 Å². The van der Waals surface area contributed by atoms with Gasteiger partial charge in [0.15, 0.2) is 0 Å². The fourth-order valence-corrected chi connectivity index (χ4v) is 4.58. The summed E-state index contributed by atoms with van der Waals surface area (Å²) in [4.78, 5) is 12.8. The highest BCUT2D eigenvalue weighted by Gasteiger charge is 2.33. The third kappa shape index (κ3) is 4.05. The molecule has 0 bridgehead atoms. The van der Waals surface area contributed by atoms with Crippen molar-refractivity contribution >= 4 is 21.6 Å². The molecule has 1 amide bonds. The van der Waals surface area contributed by atoms with E-state index in [4.69, 9.17) is 4.74 Å². The summed E-state index contributed by atoms with van der Waals surface area (Å²) in [7, 11) is -1.99. The number of nitrogens with one attached hydrogen (secondary N) is 1. The van der Waals surface area contributed by atoms with Crippen LogP contribution in [-0.2, 0) is 14.8 Å². The minimum atomic E-state index is -3.57. The lowest BCUT2D eigenvalue weighted by molar-refractivity contribution is -0.120. The van der Waals surface area contributed by atoms with Crippen molar-refractivity contribution in [3.63, 3.8) is 0 Å². The Labute approximate surface area is 153 Å². The second-order valence-corrected chi connectivity index (χ2v) is 8.17. The Hall–Kier alpha value is -2.38. The van der Waals surface area contributed by atoms with Gasteiger partial charge in [0.25, 0.3) is 0 Å². The van der Waals surface area contributed by atoms with Gasteiger partial charge in [-0.1, -0.05) is 18.2 Å². The molecule has 0 aromatic heterocycles. The molecule has 1 fully saturated rings. The summed E-state index contributed by atoms with van der Waals surface area (Å²) >= 11 is 0. The van der Waals surface area contributed by atoms with Crippen LogP contribution in [0, 0.1) is 5.92 Å². The zero-order valence-corrected chi connectivity index (χ0v) is 15.4. The maximum atomic E-state index is 12.8. The van der Waals surface area contributed by atoms with Gasteiger partial charge in [0.2, 0.25) is 15.9 Å². The number of ether oxygens (including phenoxy) is 1. The molecule has 1 aliphatic rings. The van der Waals surface area contributed by atoms with Crippen molar-refractivity contribution < 1.29 is 17.9 Å². The molecule has 1 saturated heterocycles. The number of carbonyl (C=O) groups excluding carboxylic acids is 1. The minimum Gasteiger partial charge on any atom is -0.497 e. The summed E-state index contributed by atoms with van der Waals surface area (Å²) in [6, 6.07) is 15.4. The van der Waals surface area contributed by atoms with Crippen molar-refractivity contribution in [3.8, 4) is 5.75 Å². The van der Waals surface area contributed by atoms with Crippen LogP contribution in [0.25, 0.3) is 0 Å². The molecule has 26 heavy (non-hydrogen) atoms. The smallest absolute Gasteiger partial charge is 0.243 e. The Balaban J connectivity index is 1.68. The van der Waals surface area contributed by atoms with Gasteiger partial charge >= 0.3 is 0 Å². The van der Waals surface area contributed by atoms with E-state index in [1.165, 1.54) is 4.31 Å². The van der Waals surface area contributed by atoms with Gasteiger partial charge in [0, 0.05) is 18.8 Å². The molecule has 7 heteroatoms. The van der Waals surface area contributed by atoms with Gasteiger partial charge in [-0.05, 0) is 49.2 Å². The summed E-state index contributed by atoms with van der Waals surface area (Å²) in [6.07, 6.45) is 1.33. The lowest BCUT2D eigenvalue weighted by Gasteiger charge is -2.31. The summed E-state index contributed by atoms with van der Waals surface area (Å²) in [5, 5.41) is 2.86. The number of rotatable bonds is 5. The molecule has 6 nitrogen and oxygen atoms in total. The monoisotopic (exact) mass is 374 g/mol. The van der Waals surface area contributed by atoms with Gasteiger partial charge in [-0.2, -0.15) is 4.31 Å². The Morgan fingerprint density at radius 1 is 1.12 bits per heavy atom. The Kier molecular flexibility index (Phi) is 5.58. The number of carbonyl (C=O) groups is 1. The molecule has 1 unspecified atom stereocenters. The maximum Gasteiger partial charge on any atom is 0.243 e. The number of hydrogen-bond donors (Lipinski definition) is 1. The normalized spacial score (nSPS) is 18.3. The molecule has 0 radical (unpaired) electrons. The standard InChI is InChI=1S/C19H22N2O4S/c1-25-17-11-9-16(10-12-17)20-19(22)15-6-5-13-21(14-15)26(23,24)18-7-3-2-4-8-18/h2-4,7-12,15H,5-6,13-14H2,1H3,(H,20,22). The zero-order chi connectivity index (χ0) is 18.6. The molecule has 1 heterocycles. The molecule has 3 rings (SSSR count). The second kappa shape index (κ2) is 7.88. The average Bonchev–Trinajstić information content (AvgIpc) is 2.69. The van der Waals surface area contributed by atoms with Crippen molar-refractivity contribution in [3.05, 3.63) is 54.6 Å². The van der Waals surface area contributed by atoms with Crippen LogP contribution >= 0.6 is 0 Å². The number of benzene rings is 2. The minimum absolute atomic E-state index is 0.164. The maximum absolute atomic E-state index is 12.8. The first kappa shape index (κ1) is 18.4. The van der Waals surface area contributed by atoms with Gasteiger partial charge in [0.1, 0.15) is 5.75 Å². The molecule has 0 aliphatic carbocycles. The summed E-state index contributed by atoms with van der Waals surface area (Å²) in [5.41, 5.74) is 0.666. The van der Waals surface area contributed by atoms with Crippen LogP contribution in [0.3, 0.4) is 0 Å². The third-order valence-electron chi connectivity index (χ3n) is 4.49. The number of methoxy groups -OCH3 is 1. The third-order valence-corrected chi connectivity index (χ3v) is 6.37. The summed E-state index contributed by atoms with van der Waals surface area (Å²) in [5.74, 6) is 0.174. The van der Waals surface area contributed by atoms with Crippen LogP contribution in [0.5, 0.6) is 5.75 Å². The van der Waals surface area contributed by atoms with Gasteiger partial charge in [-0.25, -0.2) is 8.42 Å². The van der Waals surface area contributed by atoms with E-state index in [0.717, 1.165) is 0 Å². The highest BCUT2D eigenvalue weighted by molar-refractivity contribution is 7.89. The Bertz CT molecular complexity index is 851. The van der Waals surface area contributed by atoms with E-state index >= 15 is 0 Å². The topological polar surface area (TPSA) is 75.7 Å². The van der Waals surface area contributed by atoms with E-state index in [9.17, 15) is 13.2 Å². The lowest BCUT2D eigenvalue weighted by atomic mass is 9.99. The number of piperidine rings is 1. The van der Waals surface area contributed by atoms with E-state index in [1.807, 2.05) is 0 Å². The van der Waals surface area contributed by atoms with Crippen LogP contribution in [0.1, 0.15) is 12.8 Å². The predicted molar refractivity (Wildman–Crippen MR) is 99.5 cm³/mol. The molecule has 2 aromatic rings. The number of hydrogen-bond acceptors (Lipinski definition) is 4. The van der Waals surface area contributed by atoms with Gasteiger partial charge in [-0.15, -0.1) is 0 Å². The fraction of sp³-hybridized carbons (Fsp3) is 0.316. The first-order valence-corrected chi connectivity index (χ1v) is 9.95. The molecule has 138 valence electrons. The van der Waals surface area contributed by atoms with E-state index in [2.05, 4.69) is 5.32 Å². The Morgan fingerprint density at radius 3 is 2.46 bits per heavy atom. The SMILES string of the molecule is COc1ccc(NC(=O)C2CCCN(S(=O)(=O)c3ccccc3)C2)cc1. The van der Waals surface area contributed by atoms with E-state index in [-0.39, 0.29) is 23.3 Å². The highest BCUT2D eigenvalue weighted by Crippen LogP contribution is 2.25. The summed E-state index contributed by atoms with van der Waals surface area (Å²) in [6.45, 7) is 0.628. The first-order chi connectivity index (χ1) is 12.5. The van der Waals surface area contributed by atoms with Crippen molar-refractivity contribution in [1.29, 1.82) is 0 Å². The van der Waals surface area contributed by atoms with Crippen LogP contribution in [-0.4, -0.2) is 38.8 Å². The van der Waals surface area contributed by atoms with Gasteiger partial charge < -0.3 is 10.1 Å². The predicted octanol–water partition coefficient (Wildman–Crippen LogP) is 2.73. The fourth-order valence-electron chi connectivity index (χ4n) is 3.03. The van der Waals surface area contributed by atoms with Crippen molar-refractivity contribution in [2.24, 2.45) is 5.92 Å². The molecular weight excluding hydrogens is 352 g/mol. The molecule has 1 atom stereocenters. The zero-order valence-electron chi connectivity index (χ0n) is 14.6. The van der Waals surface area contributed by atoms with Gasteiger partial charge in [-0.3, -0.25) is 4.79 Å². The van der Waals surface area contributed by atoms with Crippen LogP contribution in [0.2, 0.25) is 0 Å². The largest absolute Gasteiger partial charge is 0.497 e. The quantitative estimate of drug-likeness (QED) is 0.873. The molecule has 1 N–H and O–H groups in total. The highest BCUT2D eigenvalue weighted by atomic mass is 32.2. The Morgan fingerprint density at radius 2 is 1.81 bits per heavy atom. The van der Waals surface area contributed by atoms with Crippen molar-refractivity contribution in [2.45, 2.75) is 17.7 Å². The van der Waals surface area contributed by atoms with Crippen LogP contribution in [0.4, 0.5) is 5.69 Å². The molecule has 1 aliphatic heterocycles. The number of sulfonamides is 1. The molecule has 0 spiro atoms. The molecule has 0 saturated carbocycles. The van der Waals surface area contributed by atoms with Crippen molar-refractivity contribution in [1.82, 2.24) is 4.31 Å². The first-order valence-electron chi connectivity index (χ1n) is 8.51. The number of anilines is 1. The van der Waals surface area contributed by atoms with E-state index < -0.39 is 10.0 Å². The lowest BCUT2D eigenvalue weighted by Crippen LogP contribution is -2.43.